The molecule has 2 aromatic rings. The third kappa shape index (κ3) is 3.55. The Kier molecular flexibility index (Phi) is 5.22. The second kappa shape index (κ2) is 7.13. The Morgan fingerprint density at radius 2 is 2.14 bits per heavy atom. The SMILES string of the molecule is CCCNC(c1ccnc(C)n1)c1cccc(OC)c1F. The molecule has 4 nitrogen and oxygen atoms in total. The summed E-state index contributed by atoms with van der Waals surface area (Å²) in [6, 6.07) is 6.64. The molecular weight excluding hydrogens is 269 g/mol. The van der Waals surface area contributed by atoms with Gasteiger partial charge in [0, 0.05) is 11.8 Å². The third-order valence-electron chi connectivity index (χ3n) is 3.22. The monoisotopic (exact) mass is 289 g/mol. The van der Waals surface area contributed by atoms with Gasteiger partial charge in [-0.3, -0.25) is 0 Å². The van der Waals surface area contributed by atoms with Gasteiger partial charge in [0.2, 0.25) is 0 Å². The number of halogens is 1. The average Bonchev–Trinajstić information content (AvgIpc) is 2.49. The van der Waals surface area contributed by atoms with E-state index in [0.717, 1.165) is 18.7 Å². The van der Waals surface area contributed by atoms with Crippen molar-refractivity contribution in [1.82, 2.24) is 15.3 Å². The fourth-order valence-electron chi connectivity index (χ4n) is 2.21. The van der Waals surface area contributed by atoms with Gasteiger partial charge in [0.25, 0.3) is 0 Å². The lowest BCUT2D eigenvalue weighted by Crippen LogP contribution is -2.25. The molecule has 1 aromatic carbocycles. The van der Waals surface area contributed by atoms with Crippen LogP contribution in [-0.4, -0.2) is 23.6 Å². The van der Waals surface area contributed by atoms with E-state index in [-0.39, 0.29) is 17.6 Å². The number of hydrogen-bond acceptors (Lipinski definition) is 4. The van der Waals surface area contributed by atoms with Gasteiger partial charge in [0.05, 0.1) is 18.8 Å². The van der Waals surface area contributed by atoms with E-state index >= 15 is 0 Å². The number of nitrogens with one attached hydrogen (secondary N) is 1. The number of benzene rings is 1. The molecular formula is C16H20FN3O. The van der Waals surface area contributed by atoms with Crippen LogP contribution in [0.2, 0.25) is 0 Å². The molecule has 2 rings (SSSR count). The summed E-state index contributed by atoms with van der Waals surface area (Å²) in [5.41, 5.74) is 1.28. The zero-order chi connectivity index (χ0) is 15.2. The summed E-state index contributed by atoms with van der Waals surface area (Å²) in [4.78, 5) is 8.51. The number of nitrogens with zero attached hydrogens (tertiary/aromatic N) is 2. The third-order valence-corrected chi connectivity index (χ3v) is 3.22. The number of methoxy groups -OCH3 is 1. The lowest BCUT2D eigenvalue weighted by molar-refractivity contribution is 0.381. The minimum atomic E-state index is -0.357. The predicted octanol–water partition coefficient (Wildman–Crippen LogP) is 3.02. The average molecular weight is 289 g/mol. The molecule has 1 aromatic heterocycles. The molecule has 0 saturated heterocycles. The Labute approximate surface area is 124 Å². The molecule has 0 fully saturated rings. The molecule has 0 aliphatic rings. The van der Waals surface area contributed by atoms with Gasteiger partial charge in [0.15, 0.2) is 11.6 Å². The first-order valence-electron chi connectivity index (χ1n) is 7.02. The van der Waals surface area contributed by atoms with Crippen LogP contribution < -0.4 is 10.1 Å². The first-order valence-corrected chi connectivity index (χ1v) is 7.02. The summed E-state index contributed by atoms with van der Waals surface area (Å²) in [5, 5.41) is 3.34. The second-order valence-corrected chi connectivity index (χ2v) is 4.78. The van der Waals surface area contributed by atoms with Gasteiger partial charge in [-0.1, -0.05) is 19.1 Å². The van der Waals surface area contributed by atoms with Crippen LogP contribution in [0.25, 0.3) is 0 Å². The standard InChI is InChI=1S/C16H20FN3O/c1-4-9-19-16(13-8-10-18-11(2)20-13)12-6-5-7-14(21-3)15(12)17/h5-8,10,16,19H,4,9H2,1-3H3. The molecule has 1 unspecified atom stereocenters. The van der Waals surface area contributed by atoms with E-state index in [1.54, 1.807) is 30.5 Å². The van der Waals surface area contributed by atoms with Crippen LogP contribution >= 0.6 is 0 Å². The maximum Gasteiger partial charge on any atom is 0.170 e. The van der Waals surface area contributed by atoms with Crippen molar-refractivity contribution in [3.8, 4) is 5.75 Å². The van der Waals surface area contributed by atoms with Crippen LogP contribution in [0.15, 0.2) is 30.5 Å². The molecule has 0 spiro atoms. The highest BCUT2D eigenvalue weighted by molar-refractivity contribution is 5.36. The number of ether oxygens (including phenoxy) is 1. The smallest absolute Gasteiger partial charge is 0.170 e. The van der Waals surface area contributed by atoms with E-state index < -0.39 is 0 Å². The lowest BCUT2D eigenvalue weighted by Gasteiger charge is -2.20. The van der Waals surface area contributed by atoms with Gasteiger partial charge in [-0.05, 0) is 32.0 Å². The van der Waals surface area contributed by atoms with Crippen LogP contribution in [0.3, 0.4) is 0 Å². The van der Waals surface area contributed by atoms with E-state index in [4.69, 9.17) is 4.74 Å². The summed E-state index contributed by atoms with van der Waals surface area (Å²) < 4.78 is 19.6. The molecule has 0 bridgehead atoms. The first-order chi connectivity index (χ1) is 10.2. The van der Waals surface area contributed by atoms with Gasteiger partial charge in [-0.2, -0.15) is 0 Å². The minimum absolute atomic E-state index is 0.238. The van der Waals surface area contributed by atoms with E-state index in [0.29, 0.717) is 11.4 Å². The number of hydrogen-bond donors (Lipinski definition) is 1. The quantitative estimate of drug-likeness (QED) is 0.888. The Balaban J connectivity index is 2.45. The number of rotatable bonds is 6. The zero-order valence-corrected chi connectivity index (χ0v) is 12.6. The molecule has 21 heavy (non-hydrogen) atoms. The predicted molar refractivity (Wildman–Crippen MR) is 79.9 cm³/mol. The van der Waals surface area contributed by atoms with Gasteiger partial charge in [0.1, 0.15) is 5.82 Å². The molecule has 1 heterocycles. The van der Waals surface area contributed by atoms with Gasteiger partial charge >= 0.3 is 0 Å². The summed E-state index contributed by atoms with van der Waals surface area (Å²) in [6.45, 7) is 4.66. The van der Waals surface area contributed by atoms with E-state index in [1.165, 1.54) is 7.11 Å². The van der Waals surface area contributed by atoms with Crippen LogP contribution in [0.1, 0.15) is 36.5 Å². The Morgan fingerprint density at radius 3 is 2.81 bits per heavy atom. The highest BCUT2D eigenvalue weighted by atomic mass is 19.1. The van der Waals surface area contributed by atoms with Crippen molar-refractivity contribution in [2.75, 3.05) is 13.7 Å². The van der Waals surface area contributed by atoms with Crippen molar-refractivity contribution in [1.29, 1.82) is 0 Å². The zero-order valence-electron chi connectivity index (χ0n) is 12.6. The molecule has 5 heteroatoms. The largest absolute Gasteiger partial charge is 0.494 e. The molecule has 1 N–H and O–H groups in total. The normalized spacial score (nSPS) is 12.2. The summed E-state index contributed by atoms with van der Waals surface area (Å²) in [5.74, 6) is 0.547. The van der Waals surface area contributed by atoms with Crippen molar-refractivity contribution < 1.29 is 9.13 Å². The Bertz CT molecular complexity index is 604. The van der Waals surface area contributed by atoms with Gasteiger partial charge in [-0.25, -0.2) is 14.4 Å². The van der Waals surface area contributed by atoms with Crippen molar-refractivity contribution in [3.05, 3.63) is 53.4 Å². The first kappa shape index (κ1) is 15.4. The summed E-state index contributed by atoms with van der Waals surface area (Å²) >= 11 is 0. The second-order valence-electron chi connectivity index (χ2n) is 4.78. The maximum absolute atomic E-state index is 14.5. The van der Waals surface area contributed by atoms with Crippen molar-refractivity contribution >= 4 is 0 Å². The molecule has 1 atom stereocenters. The van der Waals surface area contributed by atoms with Crippen molar-refractivity contribution in [2.24, 2.45) is 0 Å². The lowest BCUT2D eigenvalue weighted by atomic mass is 10.0. The fraction of sp³-hybridized carbons (Fsp3) is 0.375. The Hall–Kier alpha value is -2.01. The molecule has 0 saturated carbocycles. The Morgan fingerprint density at radius 1 is 1.33 bits per heavy atom. The molecule has 0 amide bonds. The number of aromatic nitrogens is 2. The van der Waals surface area contributed by atoms with Gasteiger partial charge < -0.3 is 10.1 Å². The van der Waals surface area contributed by atoms with Crippen LogP contribution in [0, 0.1) is 12.7 Å². The van der Waals surface area contributed by atoms with Crippen LogP contribution in [-0.2, 0) is 0 Å². The molecule has 0 radical (unpaired) electrons. The fourth-order valence-corrected chi connectivity index (χ4v) is 2.21. The van der Waals surface area contributed by atoms with Crippen molar-refractivity contribution in [3.63, 3.8) is 0 Å². The van der Waals surface area contributed by atoms with E-state index in [1.807, 2.05) is 6.92 Å². The minimum Gasteiger partial charge on any atom is -0.494 e. The van der Waals surface area contributed by atoms with Gasteiger partial charge in [-0.15, -0.1) is 0 Å². The highest BCUT2D eigenvalue weighted by Gasteiger charge is 2.21. The van der Waals surface area contributed by atoms with Crippen molar-refractivity contribution in [2.45, 2.75) is 26.3 Å². The van der Waals surface area contributed by atoms with Crippen LogP contribution in [0.4, 0.5) is 4.39 Å². The molecule has 0 aliphatic heterocycles. The summed E-state index contributed by atoms with van der Waals surface area (Å²) in [6.07, 6.45) is 2.64. The molecule has 0 aliphatic carbocycles. The van der Waals surface area contributed by atoms with E-state index in [2.05, 4.69) is 22.2 Å². The number of aryl methyl sites for hydroxylation is 1. The van der Waals surface area contributed by atoms with E-state index in [9.17, 15) is 4.39 Å². The molecule has 112 valence electrons. The summed E-state index contributed by atoms with van der Waals surface area (Å²) in [7, 11) is 1.46. The highest BCUT2D eigenvalue weighted by Crippen LogP contribution is 2.28. The topological polar surface area (TPSA) is 47.0 Å². The van der Waals surface area contributed by atoms with Crippen LogP contribution in [0.5, 0.6) is 5.75 Å². The maximum atomic E-state index is 14.5.